The Hall–Kier alpha value is -3.44. The molecular formula is C55H64NO10S4-. The van der Waals surface area contributed by atoms with Crippen LogP contribution in [0.5, 0.6) is 40.2 Å². The molecule has 374 valence electrons. The third kappa shape index (κ3) is 7.03. The van der Waals surface area contributed by atoms with Crippen LogP contribution in [0.2, 0.25) is 0 Å². The third-order valence-electron chi connectivity index (χ3n) is 17.9. The van der Waals surface area contributed by atoms with Crippen LogP contribution in [-0.4, -0.2) is 90.8 Å². The number of aliphatic hydroxyl groups excluding tert-OH is 3. The van der Waals surface area contributed by atoms with Gasteiger partial charge in [0.05, 0.1) is 26.9 Å². The van der Waals surface area contributed by atoms with E-state index in [0.29, 0.717) is 48.5 Å². The molecule has 2 saturated carbocycles. The van der Waals surface area contributed by atoms with Gasteiger partial charge in [-0.3, -0.25) is 0 Å². The Kier molecular flexibility index (Phi) is 12.2. The minimum absolute atomic E-state index is 0.00343. The number of benzene rings is 3. The van der Waals surface area contributed by atoms with E-state index in [1.165, 1.54) is 18.2 Å². The van der Waals surface area contributed by atoms with Crippen molar-refractivity contribution in [3.63, 3.8) is 0 Å². The van der Waals surface area contributed by atoms with Gasteiger partial charge in [-0.2, -0.15) is 12.4 Å². The van der Waals surface area contributed by atoms with Gasteiger partial charge in [-0.05, 0) is 139 Å². The fourth-order valence-corrected chi connectivity index (χ4v) is 22.8. The van der Waals surface area contributed by atoms with E-state index in [0.717, 1.165) is 92.0 Å². The zero-order chi connectivity index (χ0) is 48.3. The second-order valence-corrected chi connectivity index (χ2v) is 27.3. The third-order valence-corrected chi connectivity index (χ3v) is 25.0. The number of methoxy groups -OCH3 is 1. The summed E-state index contributed by atoms with van der Waals surface area (Å²) in [6, 6.07) is 11.4. The zero-order valence-corrected chi connectivity index (χ0v) is 43.3. The lowest BCUT2D eigenvalue weighted by molar-refractivity contribution is -0.125. The zero-order valence-electron chi connectivity index (χ0n) is 40.1. The highest BCUT2D eigenvalue weighted by molar-refractivity contribution is 8.78. The van der Waals surface area contributed by atoms with Crippen molar-refractivity contribution in [2.45, 2.75) is 135 Å². The van der Waals surface area contributed by atoms with Gasteiger partial charge in [-0.1, -0.05) is 82.0 Å². The smallest absolute Gasteiger partial charge is 0.207 e. The molecule has 3 aromatic carbocycles. The quantitative estimate of drug-likeness (QED) is 0.0783. The van der Waals surface area contributed by atoms with E-state index in [1.807, 2.05) is 67.6 Å². The summed E-state index contributed by atoms with van der Waals surface area (Å²) in [7, 11) is 9.26. The van der Waals surface area contributed by atoms with Crippen LogP contribution in [0.4, 0.5) is 0 Å². The molecule has 0 unspecified atom stereocenters. The van der Waals surface area contributed by atoms with E-state index in [2.05, 4.69) is 31.1 Å². The number of phenolic OH excluding ortho intramolecular Hbond substituents is 3. The van der Waals surface area contributed by atoms with E-state index < -0.39 is 27.8 Å². The van der Waals surface area contributed by atoms with Crippen molar-refractivity contribution < 1.29 is 49.6 Å². The first-order valence-corrected chi connectivity index (χ1v) is 29.9. The van der Waals surface area contributed by atoms with Crippen molar-refractivity contribution in [2.24, 2.45) is 17.8 Å². The number of allylic oxidation sites excluding steroid dienone is 1. The van der Waals surface area contributed by atoms with Crippen LogP contribution in [0, 0.1) is 17.8 Å². The van der Waals surface area contributed by atoms with Crippen LogP contribution in [0.15, 0.2) is 54.4 Å². The van der Waals surface area contributed by atoms with Crippen molar-refractivity contribution in [1.29, 1.82) is 0 Å². The van der Waals surface area contributed by atoms with Crippen molar-refractivity contribution in [3.05, 3.63) is 82.2 Å². The van der Waals surface area contributed by atoms with E-state index in [4.69, 9.17) is 18.9 Å². The largest absolute Gasteiger partial charge is 0.670 e. The molecule has 13 rings (SSSR count). The number of aliphatic hydroxyl groups is 3. The molecule has 0 radical (unpaired) electrons. The molecule has 6 N–H and O–H groups in total. The second-order valence-electron chi connectivity index (χ2n) is 21.8. The molecule has 10 bridgehead atoms. The van der Waals surface area contributed by atoms with Gasteiger partial charge in [0.25, 0.3) is 0 Å². The number of phenols is 3. The number of hydrogen-bond donors (Lipinski definition) is 6. The number of aromatic hydroxyl groups is 3. The topological polar surface area (TPSA) is 172 Å². The van der Waals surface area contributed by atoms with Crippen LogP contribution >= 0.6 is 43.2 Å². The van der Waals surface area contributed by atoms with Crippen LogP contribution in [0.1, 0.15) is 131 Å². The lowest BCUT2D eigenvalue weighted by Gasteiger charge is -2.60. The van der Waals surface area contributed by atoms with E-state index in [9.17, 15) is 30.6 Å². The van der Waals surface area contributed by atoms with Crippen LogP contribution < -0.4 is 23.9 Å². The molecule has 2 saturated heterocycles. The molecule has 4 aromatic rings. The van der Waals surface area contributed by atoms with Crippen LogP contribution in [-0.2, 0) is 11.0 Å². The first-order chi connectivity index (χ1) is 33.9. The molecule has 70 heavy (non-hydrogen) atoms. The summed E-state index contributed by atoms with van der Waals surface area (Å²) in [5, 5.41) is 72.7. The maximum atomic E-state index is 14.0. The van der Waals surface area contributed by atoms with Crippen LogP contribution in [0.25, 0.3) is 16.7 Å². The van der Waals surface area contributed by atoms with Gasteiger partial charge >= 0.3 is 0 Å². The molecule has 15 heteroatoms. The number of nitrogens with zero attached hydrogens (tertiary/aromatic N) is 1. The highest BCUT2D eigenvalue weighted by atomic mass is 33.1. The van der Waals surface area contributed by atoms with Gasteiger partial charge in [0.2, 0.25) is 11.5 Å². The SMILES string of the molecule is COc1c(O)c(OCCC(C)C)cc([C@@]23CC[C@@]45CC[C@H]6C[C@@H]7c8cc(O)ccc8-c8c(OCCO)cc(c(c8[C@@]7(CO)CSSC7(CCCC7)C7=C(c8cc[n-]c8)C[C@@H]6C[C@H]7SS4)[C@@H]5[C@H]2O)O3)c1O. The molecule has 2 spiro atoms. The highest BCUT2D eigenvalue weighted by Crippen LogP contribution is 2.74. The molecule has 9 aliphatic rings. The Labute approximate surface area is 426 Å². The van der Waals surface area contributed by atoms with Crippen molar-refractivity contribution >= 4 is 48.7 Å². The monoisotopic (exact) mass is 1030 g/mol. The Morgan fingerprint density at radius 2 is 1.73 bits per heavy atom. The Bertz CT molecular complexity index is 2720. The fraction of sp³-hybridized carbons (Fsp3) is 0.564. The predicted octanol–water partition coefficient (Wildman–Crippen LogP) is 11.0. The minimum Gasteiger partial charge on any atom is -0.670 e. The normalized spacial score (nSPS) is 32.2. The molecule has 5 heterocycles. The van der Waals surface area contributed by atoms with E-state index >= 15 is 0 Å². The maximum Gasteiger partial charge on any atom is 0.207 e. The van der Waals surface area contributed by atoms with Crippen molar-refractivity contribution in [2.75, 3.05) is 39.3 Å². The summed E-state index contributed by atoms with van der Waals surface area (Å²) in [6.07, 6.45) is 13.5. The lowest BCUT2D eigenvalue weighted by atomic mass is 9.52. The summed E-state index contributed by atoms with van der Waals surface area (Å²) in [6.45, 7) is 4.10. The molecule has 4 aliphatic heterocycles. The Morgan fingerprint density at radius 1 is 0.900 bits per heavy atom. The average molecular weight is 1030 g/mol. The number of ether oxygens (including phenoxy) is 4. The van der Waals surface area contributed by atoms with E-state index in [-0.39, 0.29) is 76.0 Å². The maximum absolute atomic E-state index is 14.0. The number of fused-ring (bicyclic) bond motifs is 7. The molecule has 4 fully saturated rings. The van der Waals surface area contributed by atoms with Gasteiger partial charge in [0.15, 0.2) is 17.1 Å². The first kappa shape index (κ1) is 47.6. The van der Waals surface area contributed by atoms with Gasteiger partial charge in [0, 0.05) is 54.6 Å². The molecular weight excluding hydrogens is 963 g/mol. The van der Waals surface area contributed by atoms with Crippen molar-refractivity contribution in [1.82, 2.24) is 4.98 Å². The molecule has 1 aromatic heterocycles. The number of aromatic nitrogens is 1. The minimum atomic E-state index is -1.54. The highest BCUT2D eigenvalue weighted by Gasteiger charge is 2.67. The van der Waals surface area contributed by atoms with Crippen molar-refractivity contribution in [3.8, 4) is 51.4 Å². The standard InChI is InChI=1S/C55H64NO10S4/c1-29(2)10-18-64-41-24-38(48(60)50(63-3)49(41)61)55-15-14-54-13-8-30-21-37-36-23-33(59)6-7-34(36)43-39(65-19-17-57)25-40(66-55)44(47(54)51(55)62)46(43)52(37,27-58)28-67-69-53(11-4-5-12-53)45-35(31-9-16-56-26-31)20-32(30)22-42(45)68-70-54/h6-7,9,16,23-26,29-30,32,37,42,47,51,57-62H,4-5,8,10-15,17-22,27-28H2,1-3H3/q-1/t30-,32+,37+,42+,47+,51+,52-,54+,55-/m0/s1. The Balaban J connectivity index is 1.17. The second kappa shape index (κ2) is 17.9. The summed E-state index contributed by atoms with van der Waals surface area (Å²) < 4.78 is 25.5. The molecule has 11 nitrogen and oxygen atoms in total. The lowest BCUT2D eigenvalue weighted by Crippen LogP contribution is -2.61. The molecule has 0 amide bonds. The Morgan fingerprint density at radius 3 is 2.49 bits per heavy atom. The van der Waals surface area contributed by atoms with Gasteiger partial charge in [0.1, 0.15) is 30.0 Å². The molecule has 5 aliphatic carbocycles. The first-order valence-electron chi connectivity index (χ1n) is 25.4. The summed E-state index contributed by atoms with van der Waals surface area (Å²) in [5.41, 5.74) is 6.54. The van der Waals surface area contributed by atoms with Crippen LogP contribution in [0.3, 0.4) is 0 Å². The summed E-state index contributed by atoms with van der Waals surface area (Å²) in [5.74, 6) is 1.16. The summed E-state index contributed by atoms with van der Waals surface area (Å²) >= 11 is 0. The molecule has 9 atom stereocenters. The fourth-order valence-electron chi connectivity index (χ4n) is 14.6. The average Bonchev–Trinajstić information content (AvgIpc) is 4.07. The van der Waals surface area contributed by atoms with Gasteiger partial charge in [-0.25, -0.2) is 0 Å². The summed E-state index contributed by atoms with van der Waals surface area (Å²) in [4.78, 5) is 4.66. The van der Waals surface area contributed by atoms with Gasteiger partial charge in [-0.15, -0.1) is 0 Å². The number of hydrogen-bond acceptors (Lipinski definition) is 14. The predicted molar refractivity (Wildman–Crippen MR) is 279 cm³/mol. The van der Waals surface area contributed by atoms with Gasteiger partial charge < -0.3 is 54.6 Å². The van der Waals surface area contributed by atoms with E-state index in [1.54, 1.807) is 17.7 Å². The number of rotatable bonds is 11.